The van der Waals surface area contributed by atoms with Crippen LogP contribution in [0.25, 0.3) is 0 Å². The number of likely N-dealkylation sites (N-methyl/N-ethyl adjacent to an activating group) is 1. The summed E-state index contributed by atoms with van der Waals surface area (Å²) in [6, 6.07) is 0. The average Bonchev–Trinajstić information content (AvgIpc) is 2.93. The summed E-state index contributed by atoms with van der Waals surface area (Å²) in [6.07, 6.45) is 15.6. The van der Waals surface area contributed by atoms with E-state index in [1.165, 1.54) is 42.2 Å². The Morgan fingerprint density at radius 3 is 2.64 bits per heavy atom. The van der Waals surface area contributed by atoms with E-state index in [9.17, 15) is 9.59 Å². The third kappa shape index (κ3) is 6.66. The maximum Gasteiger partial charge on any atom is 0.251 e. The Bertz CT molecular complexity index is 669. The summed E-state index contributed by atoms with van der Waals surface area (Å²) < 4.78 is 0. The molecule has 0 saturated carbocycles. The van der Waals surface area contributed by atoms with Crippen molar-refractivity contribution >= 4 is 11.7 Å². The van der Waals surface area contributed by atoms with Crippen molar-refractivity contribution in [2.75, 3.05) is 20.1 Å². The number of nitrogens with zero attached hydrogens (tertiary/aromatic N) is 2. The van der Waals surface area contributed by atoms with Crippen LogP contribution in [-0.2, 0) is 9.59 Å². The van der Waals surface area contributed by atoms with E-state index in [0.717, 1.165) is 31.5 Å². The van der Waals surface area contributed by atoms with Gasteiger partial charge in [-0.3, -0.25) is 9.59 Å². The molecule has 2 rings (SSSR count). The molecule has 0 fully saturated rings. The fourth-order valence-electron chi connectivity index (χ4n) is 3.72. The minimum atomic E-state index is -0.161. The first-order valence-electron chi connectivity index (χ1n) is 10.3. The molecule has 28 heavy (non-hydrogen) atoms. The molecule has 0 spiro atoms. The van der Waals surface area contributed by atoms with Crippen molar-refractivity contribution in [2.45, 2.75) is 51.4 Å². The van der Waals surface area contributed by atoms with Gasteiger partial charge in [0.2, 0.25) is 0 Å². The highest BCUT2D eigenvalue weighted by Gasteiger charge is 2.21. The first-order valence-corrected chi connectivity index (χ1v) is 10.3. The molecule has 152 valence electrons. The monoisotopic (exact) mass is 382 g/mol. The third-order valence-corrected chi connectivity index (χ3v) is 5.62. The molecule has 2 aliphatic rings. The second kappa shape index (κ2) is 10.8. The lowest BCUT2D eigenvalue weighted by molar-refractivity contribution is -0.129. The molecule has 4 nitrogen and oxygen atoms in total. The topological polar surface area (TPSA) is 40.6 Å². The summed E-state index contributed by atoms with van der Waals surface area (Å²) in [7, 11) is 2.05. The van der Waals surface area contributed by atoms with Crippen LogP contribution in [0, 0.1) is 5.92 Å². The largest absolute Gasteiger partial charge is 0.374 e. The molecule has 4 heteroatoms. The third-order valence-electron chi connectivity index (χ3n) is 5.62. The van der Waals surface area contributed by atoms with Crippen molar-refractivity contribution < 1.29 is 9.59 Å². The lowest BCUT2D eigenvalue weighted by Crippen LogP contribution is -2.30. The van der Waals surface area contributed by atoms with Crippen molar-refractivity contribution in [2.24, 2.45) is 5.92 Å². The molecule has 1 amide bonds. The zero-order valence-electron chi connectivity index (χ0n) is 17.3. The Balaban J connectivity index is 1.68. The van der Waals surface area contributed by atoms with Crippen LogP contribution >= 0.6 is 0 Å². The Labute approximate surface area is 170 Å². The van der Waals surface area contributed by atoms with Gasteiger partial charge in [-0.1, -0.05) is 37.5 Å². The van der Waals surface area contributed by atoms with Crippen LogP contribution < -0.4 is 0 Å². The van der Waals surface area contributed by atoms with Crippen molar-refractivity contribution in [3.8, 4) is 0 Å². The lowest BCUT2D eigenvalue weighted by atomic mass is 9.88. The van der Waals surface area contributed by atoms with E-state index in [4.69, 9.17) is 0 Å². The van der Waals surface area contributed by atoms with Gasteiger partial charge in [0.25, 0.3) is 5.91 Å². The number of hydrogen-bond acceptors (Lipinski definition) is 3. The summed E-state index contributed by atoms with van der Waals surface area (Å²) in [4.78, 5) is 27.4. The molecular formula is C24H34N2O2. The van der Waals surface area contributed by atoms with Crippen molar-refractivity contribution in [1.82, 2.24) is 9.80 Å². The summed E-state index contributed by atoms with van der Waals surface area (Å²) >= 11 is 0. The van der Waals surface area contributed by atoms with E-state index in [1.54, 1.807) is 6.08 Å². The number of ketones is 1. The van der Waals surface area contributed by atoms with E-state index >= 15 is 0 Å². The van der Waals surface area contributed by atoms with Crippen LogP contribution in [0.5, 0.6) is 0 Å². The standard InChI is InChI=1S/C24H34N2O2/c1-19(22-12-8-6-5-7-9-13-22)17-25(4)20(2)11-10-14-23(27)18-26-21(3)15-16-24(26)28/h5-6,15-16,22H,1-3,7-14,17-18H2,4H3/b6-5+. The van der Waals surface area contributed by atoms with Gasteiger partial charge in [-0.15, -0.1) is 0 Å². The molecular weight excluding hydrogens is 348 g/mol. The summed E-state index contributed by atoms with van der Waals surface area (Å²) in [6.45, 7) is 13.2. The number of carbonyl (C=O) groups is 2. The Morgan fingerprint density at radius 2 is 1.93 bits per heavy atom. The molecule has 0 aromatic rings. The highest BCUT2D eigenvalue weighted by atomic mass is 16.2. The van der Waals surface area contributed by atoms with Gasteiger partial charge in [-0.2, -0.15) is 0 Å². The van der Waals surface area contributed by atoms with Crippen LogP contribution in [0.15, 0.2) is 61.0 Å². The van der Waals surface area contributed by atoms with Gasteiger partial charge in [-0.05, 0) is 56.9 Å². The average molecular weight is 383 g/mol. The zero-order chi connectivity index (χ0) is 20.5. The molecule has 0 N–H and O–H groups in total. The molecule has 1 atom stereocenters. The maximum atomic E-state index is 12.2. The van der Waals surface area contributed by atoms with Crippen LogP contribution in [-0.4, -0.2) is 41.6 Å². The second-order valence-electron chi connectivity index (χ2n) is 7.90. The Morgan fingerprint density at radius 1 is 1.18 bits per heavy atom. The number of carbonyl (C=O) groups excluding carboxylic acids is 2. The molecule has 0 radical (unpaired) electrons. The molecule has 1 aliphatic carbocycles. The predicted octanol–water partition coefficient (Wildman–Crippen LogP) is 4.78. The van der Waals surface area contributed by atoms with Crippen LogP contribution in [0.2, 0.25) is 0 Å². The molecule has 0 bridgehead atoms. The molecule has 1 heterocycles. The van der Waals surface area contributed by atoms with Gasteiger partial charge in [0.1, 0.15) is 0 Å². The summed E-state index contributed by atoms with van der Waals surface area (Å²) in [5, 5.41) is 0. The number of rotatable bonds is 10. The second-order valence-corrected chi connectivity index (χ2v) is 7.90. The van der Waals surface area contributed by atoms with Gasteiger partial charge in [0, 0.05) is 37.5 Å². The van der Waals surface area contributed by atoms with E-state index in [1.807, 2.05) is 0 Å². The van der Waals surface area contributed by atoms with E-state index in [-0.39, 0.29) is 18.2 Å². The van der Waals surface area contributed by atoms with Gasteiger partial charge in [0.05, 0.1) is 6.54 Å². The minimum absolute atomic E-state index is 0.0561. The van der Waals surface area contributed by atoms with Gasteiger partial charge >= 0.3 is 0 Å². The fraction of sp³-hybridized carbons (Fsp3) is 0.500. The van der Waals surface area contributed by atoms with E-state index in [2.05, 4.69) is 43.8 Å². The Hall–Kier alpha value is -2.36. The van der Waals surface area contributed by atoms with Crippen LogP contribution in [0.3, 0.4) is 0 Å². The number of allylic oxidation sites excluding steroid dienone is 4. The minimum Gasteiger partial charge on any atom is -0.374 e. The van der Waals surface area contributed by atoms with Gasteiger partial charge in [-0.25, -0.2) is 0 Å². The predicted molar refractivity (Wildman–Crippen MR) is 115 cm³/mol. The number of Topliss-reactive ketones (excluding diaryl/α,β-unsaturated/α-hetero) is 1. The number of amides is 1. The van der Waals surface area contributed by atoms with E-state index < -0.39 is 0 Å². The smallest absolute Gasteiger partial charge is 0.251 e. The van der Waals surface area contributed by atoms with E-state index in [0.29, 0.717) is 18.0 Å². The van der Waals surface area contributed by atoms with Gasteiger partial charge < -0.3 is 9.80 Å². The fourth-order valence-corrected chi connectivity index (χ4v) is 3.72. The van der Waals surface area contributed by atoms with Gasteiger partial charge in [0.15, 0.2) is 5.78 Å². The normalized spacial score (nSPS) is 20.6. The Kier molecular flexibility index (Phi) is 8.49. The SMILES string of the molecule is C=C(CN(C)C(=C)CCCC(=O)CN1C(=C)C=CC1=O)C1CC/C=C/CCC1. The molecule has 0 aromatic heterocycles. The highest BCUT2D eigenvalue weighted by Crippen LogP contribution is 2.26. The first kappa shape index (κ1) is 21.9. The first-order chi connectivity index (χ1) is 13.4. The zero-order valence-corrected chi connectivity index (χ0v) is 17.3. The maximum absolute atomic E-state index is 12.2. The van der Waals surface area contributed by atoms with Crippen LogP contribution in [0.1, 0.15) is 51.4 Å². The quantitative estimate of drug-likeness (QED) is 0.511. The molecule has 1 aliphatic heterocycles. The lowest BCUT2D eigenvalue weighted by Gasteiger charge is -2.27. The van der Waals surface area contributed by atoms with Crippen LogP contribution in [0.4, 0.5) is 0 Å². The summed E-state index contributed by atoms with van der Waals surface area (Å²) in [5.41, 5.74) is 2.90. The molecule has 0 saturated heterocycles. The van der Waals surface area contributed by atoms with Crippen molar-refractivity contribution in [1.29, 1.82) is 0 Å². The van der Waals surface area contributed by atoms with Crippen molar-refractivity contribution in [3.05, 3.63) is 61.0 Å². The highest BCUT2D eigenvalue weighted by molar-refractivity contribution is 5.96. The van der Waals surface area contributed by atoms with Crippen molar-refractivity contribution in [3.63, 3.8) is 0 Å². The molecule has 0 aromatic carbocycles. The molecule has 1 unspecified atom stereocenters. The summed E-state index contributed by atoms with van der Waals surface area (Å²) in [5.74, 6) is 0.479. The number of hydrogen-bond donors (Lipinski definition) is 0.